The maximum atomic E-state index is 9.06. The zero-order valence-corrected chi connectivity index (χ0v) is 15.8. The van der Waals surface area contributed by atoms with E-state index in [1.54, 1.807) is 13.0 Å². The molecule has 5 nitrogen and oxygen atoms in total. The quantitative estimate of drug-likeness (QED) is 0.630. The fourth-order valence-electron chi connectivity index (χ4n) is 3.00. The van der Waals surface area contributed by atoms with Crippen LogP contribution in [0.2, 0.25) is 5.02 Å². The number of benzene rings is 2. The van der Waals surface area contributed by atoms with Crippen molar-refractivity contribution in [2.24, 2.45) is 0 Å². The fraction of sp³-hybridized carbons (Fsp3) is 0.350. The first-order valence-corrected chi connectivity index (χ1v) is 8.86. The first-order valence-electron chi connectivity index (χ1n) is 8.48. The number of hydrogen-bond donors (Lipinski definition) is 2. The van der Waals surface area contributed by atoms with E-state index in [0.29, 0.717) is 35.9 Å². The highest BCUT2D eigenvalue weighted by atomic mass is 35.5. The van der Waals surface area contributed by atoms with Crippen LogP contribution in [0.15, 0.2) is 28.7 Å². The third-order valence-electron chi connectivity index (χ3n) is 4.55. The number of halogens is 1. The minimum Gasteiger partial charge on any atom is -0.489 e. The minimum absolute atomic E-state index is 0.312. The van der Waals surface area contributed by atoms with Gasteiger partial charge in [0.2, 0.25) is 0 Å². The number of nitrogens with zero attached hydrogens (tertiary/aromatic N) is 1. The molecule has 0 bridgehead atoms. The molecule has 2 aromatic carbocycles. The molecule has 138 valence electrons. The average molecular weight is 376 g/mol. The van der Waals surface area contributed by atoms with E-state index in [9.17, 15) is 0 Å². The number of oxazole rings is 1. The summed E-state index contributed by atoms with van der Waals surface area (Å²) in [5.74, 6) is 1.37. The molecule has 0 unspecified atom stereocenters. The van der Waals surface area contributed by atoms with E-state index in [2.05, 4.69) is 4.98 Å². The number of aryl methyl sites for hydroxylation is 2. The van der Waals surface area contributed by atoms with Crippen molar-refractivity contribution in [3.05, 3.63) is 57.4 Å². The van der Waals surface area contributed by atoms with E-state index >= 15 is 0 Å². The normalized spacial score (nSPS) is 11.5. The zero-order chi connectivity index (χ0) is 18.8. The topological polar surface area (TPSA) is 75.7 Å². The van der Waals surface area contributed by atoms with Gasteiger partial charge in [-0.1, -0.05) is 17.7 Å². The lowest BCUT2D eigenvalue weighted by molar-refractivity contribution is -0.0447. The van der Waals surface area contributed by atoms with Gasteiger partial charge in [-0.05, 0) is 49.1 Å². The Kier molecular flexibility index (Phi) is 5.51. The summed E-state index contributed by atoms with van der Waals surface area (Å²) in [7, 11) is 0. The first-order chi connectivity index (χ1) is 12.3. The number of hydrogen-bond acceptors (Lipinski definition) is 5. The van der Waals surface area contributed by atoms with Crippen molar-refractivity contribution >= 4 is 22.7 Å². The Bertz CT molecular complexity index is 933. The summed E-state index contributed by atoms with van der Waals surface area (Å²) >= 11 is 6.17. The number of aromatic nitrogens is 1. The molecular weight excluding hydrogens is 354 g/mol. The van der Waals surface area contributed by atoms with E-state index in [-0.39, 0.29) is 0 Å². The molecule has 0 saturated heterocycles. The molecule has 0 radical (unpaired) electrons. The van der Waals surface area contributed by atoms with Crippen molar-refractivity contribution in [1.29, 1.82) is 0 Å². The summed E-state index contributed by atoms with van der Waals surface area (Å²) in [5, 5.41) is 18.7. The van der Waals surface area contributed by atoms with Crippen LogP contribution in [-0.4, -0.2) is 21.5 Å². The van der Waals surface area contributed by atoms with E-state index in [4.69, 9.17) is 31.0 Å². The molecule has 3 aromatic rings. The Hall–Kier alpha value is -2.08. The third-order valence-corrected chi connectivity index (χ3v) is 4.77. The summed E-state index contributed by atoms with van der Waals surface area (Å²) in [6.07, 6.45) is -0.369. The first kappa shape index (κ1) is 18.7. The second-order valence-corrected chi connectivity index (χ2v) is 6.86. The molecule has 6 heteroatoms. The molecule has 0 spiro atoms. The van der Waals surface area contributed by atoms with Crippen LogP contribution in [0.1, 0.15) is 34.6 Å². The van der Waals surface area contributed by atoms with Gasteiger partial charge in [-0.15, -0.1) is 0 Å². The largest absolute Gasteiger partial charge is 0.489 e. The van der Waals surface area contributed by atoms with Gasteiger partial charge < -0.3 is 19.4 Å². The maximum Gasteiger partial charge on any atom is 0.192 e. The van der Waals surface area contributed by atoms with Crippen molar-refractivity contribution in [2.75, 3.05) is 0 Å². The molecule has 0 amide bonds. The van der Waals surface area contributed by atoms with Gasteiger partial charge in [0.05, 0.1) is 0 Å². The smallest absolute Gasteiger partial charge is 0.192 e. The van der Waals surface area contributed by atoms with Gasteiger partial charge in [-0.25, -0.2) is 4.98 Å². The van der Waals surface area contributed by atoms with Gasteiger partial charge in [-0.3, -0.25) is 0 Å². The molecule has 1 aromatic heterocycles. The van der Waals surface area contributed by atoms with E-state index < -0.39 is 6.29 Å². The molecule has 0 aliphatic carbocycles. The predicted molar refractivity (Wildman–Crippen MR) is 101 cm³/mol. The second kappa shape index (κ2) is 7.66. The van der Waals surface area contributed by atoms with Gasteiger partial charge in [-0.2, -0.15) is 0 Å². The van der Waals surface area contributed by atoms with Crippen molar-refractivity contribution in [1.82, 2.24) is 4.98 Å². The highest BCUT2D eigenvalue weighted by molar-refractivity contribution is 6.31. The molecule has 26 heavy (non-hydrogen) atoms. The number of aliphatic hydroxyl groups is 2. The maximum absolute atomic E-state index is 9.06. The van der Waals surface area contributed by atoms with Gasteiger partial charge in [0.15, 0.2) is 17.8 Å². The molecule has 0 aliphatic heterocycles. The standard InChI is InChI=1S/C20H22ClNO4/c1-11-12(2)17(6-4-14(11)5-7-19(23)24)25-10-15-8-16(21)9-18-20(15)22-13(3)26-18/h4,6,8-9,19,23-24H,5,7,10H2,1-3H3. The third kappa shape index (κ3) is 4.01. The Morgan fingerprint density at radius 2 is 1.88 bits per heavy atom. The molecule has 1 heterocycles. The predicted octanol–water partition coefficient (Wildman–Crippen LogP) is 4.23. The zero-order valence-electron chi connectivity index (χ0n) is 15.0. The fourth-order valence-corrected chi connectivity index (χ4v) is 3.23. The van der Waals surface area contributed by atoms with E-state index in [1.165, 1.54) is 0 Å². The van der Waals surface area contributed by atoms with Crippen molar-refractivity contribution in [2.45, 2.75) is 46.5 Å². The van der Waals surface area contributed by atoms with Crippen molar-refractivity contribution in [3.63, 3.8) is 0 Å². The Balaban J connectivity index is 1.81. The molecular formula is C20H22ClNO4. The van der Waals surface area contributed by atoms with Crippen LogP contribution in [0.5, 0.6) is 5.75 Å². The van der Waals surface area contributed by atoms with Crippen LogP contribution in [0.4, 0.5) is 0 Å². The summed E-state index contributed by atoms with van der Waals surface area (Å²) in [6.45, 7) is 6.14. The summed E-state index contributed by atoms with van der Waals surface area (Å²) in [5.41, 5.74) is 5.49. The Labute approximate surface area is 157 Å². The van der Waals surface area contributed by atoms with Crippen LogP contribution < -0.4 is 4.74 Å². The Morgan fingerprint density at radius 1 is 1.12 bits per heavy atom. The van der Waals surface area contributed by atoms with E-state index in [0.717, 1.165) is 33.5 Å². The lowest BCUT2D eigenvalue weighted by atomic mass is 9.98. The summed E-state index contributed by atoms with van der Waals surface area (Å²) < 4.78 is 11.6. The number of fused-ring (bicyclic) bond motifs is 1. The van der Waals surface area contributed by atoms with Crippen molar-refractivity contribution in [3.8, 4) is 5.75 Å². The van der Waals surface area contributed by atoms with Gasteiger partial charge >= 0.3 is 0 Å². The number of ether oxygens (including phenoxy) is 1. The number of rotatable bonds is 6. The van der Waals surface area contributed by atoms with Gasteiger partial charge in [0, 0.05) is 30.0 Å². The average Bonchev–Trinajstić information content (AvgIpc) is 2.95. The van der Waals surface area contributed by atoms with Crippen LogP contribution in [0.25, 0.3) is 11.1 Å². The molecule has 0 atom stereocenters. The summed E-state index contributed by atoms with van der Waals surface area (Å²) in [4.78, 5) is 4.41. The minimum atomic E-state index is -1.29. The lowest BCUT2D eigenvalue weighted by Crippen LogP contribution is -2.07. The molecule has 3 rings (SSSR count). The molecule has 0 saturated carbocycles. The lowest BCUT2D eigenvalue weighted by Gasteiger charge is -2.15. The highest BCUT2D eigenvalue weighted by Gasteiger charge is 2.13. The molecule has 0 fully saturated rings. The van der Waals surface area contributed by atoms with Crippen LogP contribution in [0, 0.1) is 20.8 Å². The highest BCUT2D eigenvalue weighted by Crippen LogP contribution is 2.29. The summed E-state index contributed by atoms with van der Waals surface area (Å²) in [6, 6.07) is 7.47. The Morgan fingerprint density at radius 3 is 2.62 bits per heavy atom. The monoisotopic (exact) mass is 375 g/mol. The van der Waals surface area contributed by atoms with Gasteiger partial charge in [0.25, 0.3) is 0 Å². The van der Waals surface area contributed by atoms with Crippen LogP contribution in [0.3, 0.4) is 0 Å². The SMILES string of the molecule is Cc1nc2c(COc3ccc(CCC(O)O)c(C)c3C)cc(Cl)cc2o1. The molecule has 0 aliphatic rings. The van der Waals surface area contributed by atoms with Crippen LogP contribution >= 0.6 is 11.6 Å². The second-order valence-electron chi connectivity index (χ2n) is 6.43. The molecule has 2 N–H and O–H groups in total. The van der Waals surface area contributed by atoms with Crippen LogP contribution in [-0.2, 0) is 13.0 Å². The van der Waals surface area contributed by atoms with E-state index in [1.807, 2.05) is 32.0 Å². The van der Waals surface area contributed by atoms with Crippen molar-refractivity contribution < 1.29 is 19.4 Å². The van der Waals surface area contributed by atoms with Gasteiger partial charge in [0.1, 0.15) is 17.9 Å². The number of aliphatic hydroxyl groups excluding tert-OH is 1.